The molecule has 15 nitrogen and oxygen atoms in total. The molecule has 4 saturated heterocycles. The Morgan fingerprint density at radius 2 is 0.925 bits per heavy atom. The van der Waals surface area contributed by atoms with Crippen LogP contribution in [0.3, 0.4) is 0 Å². The molecule has 0 aromatic carbocycles. The summed E-state index contributed by atoms with van der Waals surface area (Å²) in [7, 11) is 0. The number of piperidine rings is 4. The van der Waals surface area contributed by atoms with Gasteiger partial charge in [0.1, 0.15) is 11.5 Å². The number of hydrogen-bond donors (Lipinski definition) is 4. The first kappa shape index (κ1) is 38.9. The molecule has 6 N–H and O–H groups in total. The van der Waals surface area contributed by atoms with Crippen molar-refractivity contribution in [1.82, 2.24) is 30.2 Å². The smallest absolute Gasteiger partial charge is 0.287 e. The van der Waals surface area contributed by atoms with Crippen LogP contribution >= 0.6 is 0 Å². The van der Waals surface area contributed by atoms with Crippen LogP contribution in [0.5, 0.6) is 0 Å². The number of carbonyl (C=O) groups excluding carboxylic acids is 4. The van der Waals surface area contributed by atoms with E-state index in [9.17, 15) is 19.2 Å². The number of carbonyl (C=O) groups is 4. The molecule has 53 heavy (non-hydrogen) atoms. The highest BCUT2D eigenvalue weighted by Crippen LogP contribution is 2.23. The summed E-state index contributed by atoms with van der Waals surface area (Å²) in [6.07, 6.45) is 7.52. The van der Waals surface area contributed by atoms with Crippen LogP contribution in [-0.2, 0) is 27.4 Å². The predicted molar refractivity (Wildman–Crippen MR) is 196 cm³/mol. The van der Waals surface area contributed by atoms with Crippen LogP contribution in [0.25, 0.3) is 0 Å². The lowest BCUT2D eigenvalue weighted by Crippen LogP contribution is -2.44. The van der Waals surface area contributed by atoms with Crippen molar-refractivity contribution in [3.8, 4) is 0 Å². The van der Waals surface area contributed by atoms with E-state index in [1.807, 2.05) is 12.1 Å². The molecular formula is C38H58N8O7. The minimum Gasteiger partial charge on any atom is -0.455 e. The minimum atomic E-state index is -0.222. The Labute approximate surface area is 312 Å². The second-order valence-corrected chi connectivity index (χ2v) is 15.2. The Kier molecular flexibility index (Phi) is 14.0. The van der Waals surface area contributed by atoms with Gasteiger partial charge in [-0.25, -0.2) is 0 Å². The molecule has 0 unspecified atom stereocenters. The molecule has 15 heteroatoms. The van der Waals surface area contributed by atoms with Crippen LogP contribution in [0.2, 0.25) is 0 Å². The van der Waals surface area contributed by atoms with E-state index in [0.29, 0.717) is 37.7 Å². The standard InChI is InChI=1S/C38H58N8O7/c39-35(47)27-5-15-45(16-6-27)25-31-1-3-33(52-31)37(49)41-13-23-43-19-9-29(10-20-43)51-30-11-21-44(22-12-30)24-14-42-38(50)34-4-2-32(53-34)26-46-17-7-28(8-18-46)36(40)48/h1-4,27-30H,5-26H2,(H2,39,47)(H2,40,48)(H,41,49)(H,42,50). The van der Waals surface area contributed by atoms with Crippen molar-refractivity contribution >= 4 is 23.6 Å². The number of nitrogens with two attached hydrogens (primary N) is 2. The molecule has 6 heterocycles. The van der Waals surface area contributed by atoms with Crippen LogP contribution in [0.15, 0.2) is 33.1 Å². The Bertz CT molecular complexity index is 1390. The van der Waals surface area contributed by atoms with Crippen LogP contribution < -0.4 is 22.1 Å². The van der Waals surface area contributed by atoms with E-state index >= 15 is 0 Å². The monoisotopic (exact) mass is 738 g/mol. The Balaban J connectivity index is 0.784. The molecule has 0 saturated carbocycles. The number of amides is 4. The Hall–Kier alpha value is -3.76. The average molecular weight is 739 g/mol. The molecule has 0 radical (unpaired) electrons. The zero-order valence-electron chi connectivity index (χ0n) is 31.0. The fourth-order valence-electron chi connectivity index (χ4n) is 8.00. The van der Waals surface area contributed by atoms with Gasteiger partial charge in [-0.2, -0.15) is 0 Å². The number of furan rings is 2. The lowest BCUT2D eigenvalue weighted by Gasteiger charge is -2.37. The summed E-state index contributed by atoms with van der Waals surface area (Å²) in [5.74, 6) is 1.21. The number of likely N-dealkylation sites (tertiary alicyclic amines) is 4. The number of ether oxygens (including phenoxy) is 1. The van der Waals surface area contributed by atoms with Crippen molar-refractivity contribution in [3.05, 3.63) is 47.3 Å². The normalized spacial score (nSPS) is 21.1. The molecule has 0 spiro atoms. The van der Waals surface area contributed by atoms with Crippen molar-refractivity contribution < 1.29 is 32.7 Å². The van der Waals surface area contributed by atoms with E-state index in [4.69, 9.17) is 25.0 Å². The summed E-state index contributed by atoms with van der Waals surface area (Å²) >= 11 is 0. The molecule has 0 atom stereocenters. The van der Waals surface area contributed by atoms with Crippen molar-refractivity contribution in [2.75, 3.05) is 78.5 Å². The van der Waals surface area contributed by atoms with Gasteiger partial charge in [-0.15, -0.1) is 0 Å². The van der Waals surface area contributed by atoms with Gasteiger partial charge in [0, 0.05) is 64.2 Å². The molecule has 0 bridgehead atoms. The maximum Gasteiger partial charge on any atom is 0.287 e. The number of nitrogens with one attached hydrogen (secondary N) is 2. The third-order valence-electron chi connectivity index (χ3n) is 11.4. The molecule has 4 aliphatic rings. The summed E-state index contributed by atoms with van der Waals surface area (Å²) in [5, 5.41) is 5.99. The molecule has 2 aromatic heterocycles. The maximum absolute atomic E-state index is 12.7. The van der Waals surface area contributed by atoms with Crippen LogP contribution in [0.4, 0.5) is 0 Å². The minimum absolute atomic E-state index is 0.0462. The number of primary amides is 2. The number of nitrogens with zero attached hydrogens (tertiary/aromatic N) is 4. The average Bonchev–Trinajstić information content (AvgIpc) is 3.84. The quantitative estimate of drug-likeness (QED) is 0.195. The maximum atomic E-state index is 12.7. The molecular weight excluding hydrogens is 680 g/mol. The molecule has 0 aliphatic carbocycles. The lowest BCUT2D eigenvalue weighted by molar-refractivity contribution is -0.124. The highest BCUT2D eigenvalue weighted by Gasteiger charge is 2.28. The Morgan fingerprint density at radius 1 is 0.566 bits per heavy atom. The van der Waals surface area contributed by atoms with Crippen molar-refractivity contribution in [2.45, 2.75) is 76.7 Å². The van der Waals surface area contributed by atoms with Gasteiger partial charge in [-0.1, -0.05) is 0 Å². The fourth-order valence-corrected chi connectivity index (χ4v) is 8.00. The zero-order chi connectivity index (χ0) is 37.2. The third kappa shape index (κ3) is 11.6. The largest absolute Gasteiger partial charge is 0.455 e. The van der Waals surface area contributed by atoms with E-state index in [1.165, 1.54) is 0 Å². The first-order valence-corrected chi connectivity index (χ1v) is 19.6. The molecule has 4 amide bonds. The summed E-state index contributed by atoms with van der Waals surface area (Å²) in [5.41, 5.74) is 10.9. The van der Waals surface area contributed by atoms with Crippen LogP contribution in [-0.4, -0.2) is 134 Å². The highest BCUT2D eigenvalue weighted by atomic mass is 16.5. The van der Waals surface area contributed by atoms with E-state index in [-0.39, 0.29) is 47.7 Å². The van der Waals surface area contributed by atoms with Gasteiger partial charge in [0.05, 0.1) is 25.3 Å². The molecule has 292 valence electrons. The van der Waals surface area contributed by atoms with Gasteiger partial charge >= 0.3 is 0 Å². The molecule has 4 fully saturated rings. The molecule has 6 rings (SSSR count). The summed E-state index contributed by atoms with van der Waals surface area (Å²) in [4.78, 5) is 57.4. The predicted octanol–water partition coefficient (Wildman–Crippen LogP) is 1.37. The van der Waals surface area contributed by atoms with Gasteiger partial charge in [-0.3, -0.25) is 29.0 Å². The summed E-state index contributed by atoms with van der Waals surface area (Å²) in [6.45, 7) is 10.9. The zero-order valence-corrected chi connectivity index (χ0v) is 31.0. The van der Waals surface area contributed by atoms with Gasteiger partial charge in [0.2, 0.25) is 11.8 Å². The van der Waals surface area contributed by atoms with Crippen molar-refractivity contribution in [2.24, 2.45) is 23.3 Å². The highest BCUT2D eigenvalue weighted by molar-refractivity contribution is 5.91. The third-order valence-corrected chi connectivity index (χ3v) is 11.4. The van der Waals surface area contributed by atoms with Crippen LogP contribution in [0.1, 0.15) is 84.0 Å². The lowest BCUT2D eigenvalue weighted by atomic mass is 9.96. The van der Waals surface area contributed by atoms with E-state index < -0.39 is 0 Å². The first-order valence-electron chi connectivity index (χ1n) is 19.6. The topological polar surface area (TPSA) is 193 Å². The SMILES string of the molecule is NC(=O)C1CCN(Cc2ccc(C(=O)NCCN3CCC(OC4CCN(CCNC(=O)c5ccc(CN6CCC(C(N)=O)CC6)o5)CC4)CC3)o2)CC1. The van der Waals surface area contributed by atoms with Crippen LogP contribution in [0, 0.1) is 11.8 Å². The number of rotatable bonds is 16. The van der Waals surface area contributed by atoms with E-state index in [1.54, 1.807) is 12.1 Å². The summed E-state index contributed by atoms with van der Waals surface area (Å²) in [6, 6.07) is 7.16. The van der Waals surface area contributed by atoms with Crippen molar-refractivity contribution in [3.63, 3.8) is 0 Å². The van der Waals surface area contributed by atoms with E-state index in [0.717, 1.165) is 128 Å². The van der Waals surface area contributed by atoms with Gasteiger partial charge in [-0.05, 0) is 102 Å². The second kappa shape index (κ2) is 19.0. The van der Waals surface area contributed by atoms with E-state index in [2.05, 4.69) is 30.2 Å². The van der Waals surface area contributed by atoms with Gasteiger partial charge < -0.3 is 45.5 Å². The molecule has 4 aliphatic heterocycles. The first-order chi connectivity index (χ1) is 25.7. The summed E-state index contributed by atoms with van der Waals surface area (Å²) < 4.78 is 18.2. The van der Waals surface area contributed by atoms with Crippen molar-refractivity contribution in [1.29, 1.82) is 0 Å². The Morgan fingerprint density at radius 3 is 1.28 bits per heavy atom. The number of hydrogen-bond acceptors (Lipinski definition) is 11. The fraction of sp³-hybridized carbons (Fsp3) is 0.684. The second-order valence-electron chi connectivity index (χ2n) is 15.2. The molecule has 2 aromatic rings. The van der Waals surface area contributed by atoms with Gasteiger partial charge in [0.25, 0.3) is 11.8 Å². The van der Waals surface area contributed by atoms with Gasteiger partial charge in [0.15, 0.2) is 11.5 Å².